The Labute approximate surface area is 169 Å². The van der Waals surface area contributed by atoms with Gasteiger partial charge in [0.15, 0.2) is 5.82 Å². The van der Waals surface area contributed by atoms with Gasteiger partial charge in [0, 0.05) is 11.6 Å². The monoisotopic (exact) mass is 408 g/mol. The third kappa shape index (κ3) is 3.55. The van der Waals surface area contributed by atoms with Crippen LogP contribution in [0.3, 0.4) is 0 Å². The number of amides is 2. The number of rotatable bonds is 6. The molecule has 0 radical (unpaired) electrons. The minimum Gasteiger partial charge on any atom is -0.497 e. The molecule has 4 rings (SSSR count). The summed E-state index contributed by atoms with van der Waals surface area (Å²) in [5, 5.41) is 20.5. The quantitative estimate of drug-likeness (QED) is 0.471. The van der Waals surface area contributed by atoms with E-state index >= 15 is 0 Å². The second-order valence-corrected chi connectivity index (χ2v) is 6.46. The second-order valence-electron chi connectivity index (χ2n) is 6.46. The first-order valence-electron chi connectivity index (χ1n) is 8.91. The van der Waals surface area contributed by atoms with Gasteiger partial charge in [-0.2, -0.15) is 4.98 Å². The Morgan fingerprint density at radius 2 is 2.00 bits per heavy atom. The van der Waals surface area contributed by atoms with Gasteiger partial charge in [0.25, 0.3) is 11.6 Å². The molecule has 2 N–H and O–H groups in total. The molecule has 0 saturated carbocycles. The van der Waals surface area contributed by atoms with Crippen molar-refractivity contribution in [3.63, 3.8) is 0 Å². The van der Waals surface area contributed by atoms with Crippen LogP contribution in [0.25, 0.3) is 11.4 Å². The van der Waals surface area contributed by atoms with Crippen LogP contribution in [-0.4, -0.2) is 38.6 Å². The number of para-hydroxylation sites is 2. The molecule has 0 bridgehead atoms. The number of carbonyl (C=O) groups excluding carboxylic acids is 2. The van der Waals surface area contributed by atoms with Crippen LogP contribution >= 0.6 is 0 Å². The lowest BCUT2D eigenvalue weighted by molar-refractivity contribution is -0.383. The summed E-state index contributed by atoms with van der Waals surface area (Å²) in [6, 6.07) is 12.0. The molecular weight excluding hydrogens is 392 g/mol. The number of aromatic nitrogens is 3. The number of carbonyl (C=O) groups is 2. The summed E-state index contributed by atoms with van der Waals surface area (Å²) in [6.45, 7) is 0. The third-order valence-electron chi connectivity index (χ3n) is 4.57. The maximum absolute atomic E-state index is 12.5. The molecule has 30 heavy (non-hydrogen) atoms. The van der Waals surface area contributed by atoms with E-state index in [-0.39, 0.29) is 23.7 Å². The van der Waals surface area contributed by atoms with E-state index in [0.29, 0.717) is 11.6 Å². The Balaban J connectivity index is 1.52. The van der Waals surface area contributed by atoms with E-state index < -0.39 is 22.8 Å². The van der Waals surface area contributed by atoms with Gasteiger partial charge in [0.2, 0.25) is 11.9 Å². The minimum atomic E-state index is -0.915. The number of fused-ring (bicyclic) bond motifs is 1. The third-order valence-corrected chi connectivity index (χ3v) is 4.57. The Bertz CT molecular complexity index is 1140. The molecular formula is C19H16N6O5. The largest absolute Gasteiger partial charge is 0.497 e. The first-order chi connectivity index (χ1) is 14.5. The van der Waals surface area contributed by atoms with E-state index in [1.807, 2.05) is 0 Å². The first kappa shape index (κ1) is 19.1. The average molecular weight is 408 g/mol. The van der Waals surface area contributed by atoms with E-state index in [1.165, 1.54) is 22.9 Å². The Morgan fingerprint density at radius 1 is 1.27 bits per heavy atom. The summed E-state index contributed by atoms with van der Waals surface area (Å²) < 4.78 is 6.47. The van der Waals surface area contributed by atoms with Crippen molar-refractivity contribution in [1.82, 2.24) is 14.8 Å². The van der Waals surface area contributed by atoms with E-state index in [4.69, 9.17) is 4.74 Å². The molecule has 3 aromatic rings. The summed E-state index contributed by atoms with van der Waals surface area (Å²) in [5.41, 5.74) is 0.545. The number of ether oxygens (including phenoxy) is 1. The lowest BCUT2D eigenvalue weighted by atomic mass is 10.2. The van der Waals surface area contributed by atoms with Crippen LogP contribution in [-0.2, 0) is 9.59 Å². The number of nitrogens with zero attached hydrogens (tertiary/aromatic N) is 4. The highest BCUT2D eigenvalue weighted by molar-refractivity contribution is 6.01. The molecule has 1 atom stereocenters. The maximum Gasteiger partial charge on any atom is 0.292 e. The van der Waals surface area contributed by atoms with Crippen molar-refractivity contribution < 1.29 is 19.2 Å². The number of hydrogen-bond acceptors (Lipinski definition) is 7. The number of methoxy groups -OCH3 is 1. The summed E-state index contributed by atoms with van der Waals surface area (Å²) in [7, 11) is 1.56. The molecule has 2 amide bonds. The van der Waals surface area contributed by atoms with Crippen LogP contribution in [0.2, 0.25) is 0 Å². The lowest BCUT2D eigenvalue weighted by Crippen LogP contribution is -2.24. The molecule has 152 valence electrons. The highest BCUT2D eigenvalue weighted by Crippen LogP contribution is 2.30. The molecule has 11 heteroatoms. The predicted molar refractivity (Wildman–Crippen MR) is 106 cm³/mol. The fourth-order valence-electron chi connectivity index (χ4n) is 3.09. The smallest absolute Gasteiger partial charge is 0.292 e. The molecule has 0 fully saturated rings. The molecule has 2 heterocycles. The Kier molecular flexibility index (Phi) is 4.84. The number of nitrogens with one attached hydrogen (secondary N) is 2. The van der Waals surface area contributed by atoms with Crippen molar-refractivity contribution in [3.05, 3.63) is 58.6 Å². The Morgan fingerprint density at radius 3 is 2.70 bits per heavy atom. The highest BCUT2D eigenvalue weighted by atomic mass is 16.6. The topological polar surface area (TPSA) is 141 Å². The van der Waals surface area contributed by atoms with E-state index in [9.17, 15) is 19.7 Å². The number of nitro groups is 1. The second kappa shape index (κ2) is 7.62. The number of anilines is 2. The molecule has 1 unspecified atom stereocenters. The molecule has 11 nitrogen and oxygen atoms in total. The zero-order valence-electron chi connectivity index (χ0n) is 15.7. The molecule has 0 spiro atoms. The number of hydrogen-bond donors (Lipinski definition) is 2. The van der Waals surface area contributed by atoms with Crippen LogP contribution in [0.1, 0.15) is 12.5 Å². The van der Waals surface area contributed by atoms with Crippen molar-refractivity contribution in [2.75, 3.05) is 17.7 Å². The number of benzene rings is 2. The van der Waals surface area contributed by atoms with Gasteiger partial charge in [0.1, 0.15) is 17.5 Å². The normalized spacial score (nSPS) is 14.7. The molecule has 0 saturated heterocycles. The van der Waals surface area contributed by atoms with Crippen LogP contribution in [0.15, 0.2) is 48.5 Å². The lowest BCUT2D eigenvalue weighted by Gasteiger charge is -2.10. The molecule has 0 aliphatic carbocycles. The van der Waals surface area contributed by atoms with Gasteiger partial charge in [-0.3, -0.25) is 25.0 Å². The van der Waals surface area contributed by atoms with Crippen LogP contribution in [0.5, 0.6) is 5.75 Å². The van der Waals surface area contributed by atoms with Crippen molar-refractivity contribution in [2.24, 2.45) is 0 Å². The van der Waals surface area contributed by atoms with Gasteiger partial charge in [0.05, 0.1) is 18.5 Å². The summed E-state index contributed by atoms with van der Waals surface area (Å²) in [5.74, 6) is 0.317. The molecule has 1 aromatic heterocycles. The van der Waals surface area contributed by atoms with Crippen molar-refractivity contribution in [3.8, 4) is 17.1 Å². The SMILES string of the molecule is COc1ccc(-c2nc3n(n2)C(CC(=O)Nc2ccccc2[N+](=O)[O-])C(=O)N3)cc1. The minimum absolute atomic E-state index is 0.0589. The van der Waals surface area contributed by atoms with Crippen LogP contribution in [0.4, 0.5) is 17.3 Å². The molecule has 2 aromatic carbocycles. The fraction of sp³-hybridized carbons (Fsp3) is 0.158. The van der Waals surface area contributed by atoms with Crippen molar-refractivity contribution in [2.45, 2.75) is 12.5 Å². The summed E-state index contributed by atoms with van der Waals surface area (Å²) >= 11 is 0. The van der Waals surface area contributed by atoms with Gasteiger partial charge < -0.3 is 10.1 Å². The average Bonchev–Trinajstić information content (AvgIpc) is 3.27. The molecule has 1 aliphatic rings. The summed E-state index contributed by atoms with van der Waals surface area (Å²) in [4.78, 5) is 39.5. The van der Waals surface area contributed by atoms with E-state index in [2.05, 4.69) is 20.7 Å². The molecule has 1 aliphatic heterocycles. The van der Waals surface area contributed by atoms with Gasteiger partial charge in [-0.15, -0.1) is 5.10 Å². The predicted octanol–water partition coefficient (Wildman–Crippen LogP) is 2.38. The van der Waals surface area contributed by atoms with E-state index in [0.717, 1.165) is 5.56 Å². The van der Waals surface area contributed by atoms with E-state index in [1.54, 1.807) is 37.4 Å². The van der Waals surface area contributed by atoms with Crippen LogP contribution in [0, 0.1) is 10.1 Å². The van der Waals surface area contributed by atoms with Crippen LogP contribution < -0.4 is 15.4 Å². The van der Waals surface area contributed by atoms with Gasteiger partial charge >= 0.3 is 0 Å². The highest BCUT2D eigenvalue weighted by Gasteiger charge is 2.35. The maximum atomic E-state index is 12.5. The van der Waals surface area contributed by atoms with Crippen molar-refractivity contribution >= 4 is 29.1 Å². The zero-order valence-corrected chi connectivity index (χ0v) is 15.7. The standard InChI is InChI=1S/C19H16N6O5/c1-30-12-8-6-11(7-9-12)17-21-19-22-18(27)15(24(19)23-17)10-16(26)20-13-4-2-3-5-14(13)25(28)29/h2-9,15H,10H2,1H3,(H,20,26)(H,21,22,23,27). The van der Waals surface area contributed by atoms with Crippen molar-refractivity contribution in [1.29, 1.82) is 0 Å². The first-order valence-corrected chi connectivity index (χ1v) is 8.91. The fourth-order valence-corrected chi connectivity index (χ4v) is 3.09. The van der Waals surface area contributed by atoms with Gasteiger partial charge in [-0.25, -0.2) is 4.68 Å². The Hall–Kier alpha value is -4.28. The van der Waals surface area contributed by atoms with Gasteiger partial charge in [-0.1, -0.05) is 12.1 Å². The summed E-state index contributed by atoms with van der Waals surface area (Å²) in [6.07, 6.45) is -0.254. The van der Waals surface area contributed by atoms with Gasteiger partial charge in [-0.05, 0) is 30.3 Å². The number of nitro benzene ring substituents is 1. The zero-order chi connectivity index (χ0) is 21.3.